The molecule has 78 valence electrons. The van der Waals surface area contributed by atoms with Gasteiger partial charge in [-0.15, -0.1) is 15.7 Å². The molecule has 5 nitrogen and oxygen atoms in total. The van der Waals surface area contributed by atoms with Crippen LogP contribution >= 0.6 is 11.3 Å². The SMILES string of the molecule is CCc1ncc(S(N)(=O)=NC(C)=O)s1. The first kappa shape index (κ1) is 11.3. The van der Waals surface area contributed by atoms with E-state index < -0.39 is 15.8 Å². The molecule has 1 atom stereocenters. The summed E-state index contributed by atoms with van der Waals surface area (Å²) in [5.41, 5.74) is 0. The van der Waals surface area contributed by atoms with Crippen molar-refractivity contribution < 1.29 is 9.00 Å². The molecule has 1 unspecified atom stereocenters. The molecule has 1 rings (SSSR count). The molecular weight excluding hydrogens is 222 g/mol. The second-order valence-electron chi connectivity index (χ2n) is 2.61. The van der Waals surface area contributed by atoms with Gasteiger partial charge < -0.3 is 0 Å². The smallest absolute Gasteiger partial charge is 0.251 e. The maximum atomic E-state index is 11.7. The summed E-state index contributed by atoms with van der Waals surface area (Å²) in [5.74, 6) is -0.538. The normalized spacial score (nSPS) is 14.8. The van der Waals surface area contributed by atoms with Crippen molar-refractivity contribution >= 4 is 27.2 Å². The predicted octanol–water partition coefficient (Wildman–Crippen LogP) is 0.953. The van der Waals surface area contributed by atoms with Crippen LogP contribution in [0.4, 0.5) is 0 Å². The highest BCUT2D eigenvalue weighted by molar-refractivity contribution is 7.93. The lowest BCUT2D eigenvalue weighted by atomic mass is 10.5. The van der Waals surface area contributed by atoms with Gasteiger partial charge in [-0.05, 0) is 6.42 Å². The zero-order valence-electron chi connectivity index (χ0n) is 7.89. The largest absolute Gasteiger partial charge is 0.272 e. The highest BCUT2D eigenvalue weighted by Gasteiger charge is 2.11. The number of carbonyl (C=O) groups is 1. The second-order valence-corrected chi connectivity index (χ2v) is 5.74. The molecule has 0 fully saturated rings. The molecular formula is C7H11N3O2S2. The molecule has 0 saturated heterocycles. The first-order valence-corrected chi connectivity index (χ1v) is 6.35. The number of carbonyl (C=O) groups excluding carboxylic acids is 1. The average Bonchev–Trinajstić information content (AvgIpc) is 2.49. The third-order valence-corrected chi connectivity index (χ3v) is 4.50. The van der Waals surface area contributed by atoms with Gasteiger partial charge in [0.05, 0.1) is 11.2 Å². The van der Waals surface area contributed by atoms with Gasteiger partial charge in [0, 0.05) is 6.92 Å². The van der Waals surface area contributed by atoms with Crippen LogP contribution in [0.15, 0.2) is 14.8 Å². The van der Waals surface area contributed by atoms with Crippen LogP contribution in [0.25, 0.3) is 0 Å². The summed E-state index contributed by atoms with van der Waals surface area (Å²) in [6.07, 6.45) is 2.17. The van der Waals surface area contributed by atoms with Crippen LogP contribution in [0.1, 0.15) is 18.9 Å². The minimum atomic E-state index is -3.07. The Morgan fingerprint density at radius 1 is 1.79 bits per heavy atom. The number of rotatable bonds is 2. The van der Waals surface area contributed by atoms with Crippen LogP contribution in [-0.2, 0) is 21.1 Å². The van der Waals surface area contributed by atoms with E-state index in [1.807, 2.05) is 6.92 Å². The molecule has 0 aromatic carbocycles. The second kappa shape index (κ2) is 4.16. The average molecular weight is 233 g/mol. The van der Waals surface area contributed by atoms with Crippen LogP contribution < -0.4 is 5.14 Å². The van der Waals surface area contributed by atoms with Gasteiger partial charge in [0.25, 0.3) is 5.91 Å². The van der Waals surface area contributed by atoms with Gasteiger partial charge in [0.2, 0.25) is 0 Å². The summed E-state index contributed by atoms with van der Waals surface area (Å²) in [6.45, 7) is 3.15. The van der Waals surface area contributed by atoms with E-state index in [9.17, 15) is 9.00 Å². The highest BCUT2D eigenvalue weighted by atomic mass is 32.2. The molecule has 1 amide bonds. The van der Waals surface area contributed by atoms with Crippen molar-refractivity contribution in [2.24, 2.45) is 9.50 Å². The van der Waals surface area contributed by atoms with Crippen LogP contribution in [0, 0.1) is 0 Å². The van der Waals surface area contributed by atoms with Gasteiger partial charge in [-0.3, -0.25) is 4.79 Å². The number of thiazole rings is 1. The van der Waals surface area contributed by atoms with Crippen molar-refractivity contribution in [3.05, 3.63) is 11.2 Å². The van der Waals surface area contributed by atoms with Crippen molar-refractivity contribution in [1.29, 1.82) is 0 Å². The molecule has 7 heteroatoms. The maximum absolute atomic E-state index is 11.7. The van der Waals surface area contributed by atoms with Crippen molar-refractivity contribution in [2.45, 2.75) is 24.5 Å². The van der Waals surface area contributed by atoms with E-state index >= 15 is 0 Å². The predicted molar refractivity (Wildman–Crippen MR) is 55.2 cm³/mol. The number of hydrogen-bond donors (Lipinski definition) is 1. The molecule has 0 saturated carbocycles. The number of hydrogen-bond acceptors (Lipinski definition) is 4. The number of amides is 1. The van der Waals surface area contributed by atoms with E-state index in [2.05, 4.69) is 9.35 Å². The van der Waals surface area contributed by atoms with Gasteiger partial charge in [-0.25, -0.2) is 14.3 Å². The summed E-state index contributed by atoms with van der Waals surface area (Å²) in [7, 11) is -3.07. The summed E-state index contributed by atoms with van der Waals surface area (Å²) >= 11 is 1.22. The van der Waals surface area contributed by atoms with E-state index in [1.165, 1.54) is 24.5 Å². The van der Waals surface area contributed by atoms with Crippen molar-refractivity contribution in [1.82, 2.24) is 4.98 Å². The van der Waals surface area contributed by atoms with E-state index in [1.54, 1.807) is 0 Å². The fraction of sp³-hybridized carbons (Fsp3) is 0.429. The summed E-state index contributed by atoms with van der Waals surface area (Å²) in [6, 6.07) is 0. The molecule has 14 heavy (non-hydrogen) atoms. The Hall–Kier alpha value is -0.790. The molecule has 2 N–H and O–H groups in total. The molecule has 0 aliphatic heterocycles. The Bertz CT molecular complexity index is 457. The first-order chi connectivity index (χ1) is 6.45. The van der Waals surface area contributed by atoms with Crippen LogP contribution in [0.5, 0.6) is 0 Å². The van der Waals surface area contributed by atoms with Crippen LogP contribution in [0.3, 0.4) is 0 Å². The molecule has 0 aliphatic carbocycles. The van der Waals surface area contributed by atoms with Gasteiger partial charge >= 0.3 is 0 Å². The molecule has 0 radical (unpaired) electrons. The van der Waals surface area contributed by atoms with Crippen molar-refractivity contribution in [3.63, 3.8) is 0 Å². The molecule has 0 aliphatic rings. The van der Waals surface area contributed by atoms with Crippen molar-refractivity contribution in [2.75, 3.05) is 0 Å². The number of nitrogens with two attached hydrogens (primary N) is 1. The molecule has 1 heterocycles. The molecule has 1 aromatic rings. The minimum absolute atomic E-state index is 0.351. The van der Waals surface area contributed by atoms with E-state index in [-0.39, 0.29) is 0 Å². The molecule has 0 bridgehead atoms. The zero-order chi connectivity index (χ0) is 10.8. The Labute approximate surface area is 86.7 Å². The quantitative estimate of drug-likeness (QED) is 0.825. The summed E-state index contributed by atoms with van der Waals surface area (Å²) < 4.78 is 15.4. The van der Waals surface area contributed by atoms with Crippen LogP contribution in [-0.4, -0.2) is 15.1 Å². The lowest BCUT2D eigenvalue weighted by Crippen LogP contribution is -2.12. The Kier molecular flexibility index (Phi) is 3.35. The van der Waals surface area contributed by atoms with Gasteiger partial charge in [-0.2, -0.15) is 0 Å². The fourth-order valence-corrected chi connectivity index (χ4v) is 2.97. The lowest BCUT2D eigenvalue weighted by molar-refractivity contribution is -0.115. The van der Waals surface area contributed by atoms with Gasteiger partial charge in [0.1, 0.15) is 4.21 Å². The third-order valence-electron chi connectivity index (χ3n) is 1.39. The Morgan fingerprint density at radius 2 is 2.43 bits per heavy atom. The maximum Gasteiger partial charge on any atom is 0.251 e. The van der Waals surface area contributed by atoms with Crippen LogP contribution in [0.2, 0.25) is 0 Å². The number of aryl methyl sites for hydroxylation is 1. The summed E-state index contributed by atoms with van der Waals surface area (Å²) in [5, 5.41) is 6.25. The van der Waals surface area contributed by atoms with E-state index in [4.69, 9.17) is 5.14 Å². The van der Waals surface area contributed by atoms with Crippen molar-refractivity contribution in [3.8, 4) is 0 Å². The van der Waals surface area contributed by atoms with Gasteiger partial charge in [0.15, 0.2) is 9.92 Å². The molecule has 0 spiro atoms. The zero-order valence-corrected chi connectivity index (χ0v) is 9.52. The first-order valence-electron chi connectivity index (χ1n) is 3.96. The van der Waals surface area contributed by atoms with E-state index in [0.717, 1.165) is 11.4 Å². The summed E-state index contributed by atoms with van der Waals surface area (Å²) in [4.78, 5) is 14.7. The van der Waals surface area contributed by atoms with Gasteiger partial charge in [-0.1, -0.05) is 6.92 Å². The van der Waals surface area contributed by atoms with E-state index in [0.29, 0.717) is 4.21 Å². The highest BCUT2D eigenvalue weighted by Crippen LogP contribution is 2.18. The number of aromatic nitrogens is 1. The Balaban J connectivity index is 3.16. The minimum Gasteiger partial charge on any atom is -0.272 e. The Morgan fingerprint density at radius 3 is 2.86 bits per heavy atom. The lowest BCUT2D eigenvalue weighted by Gasteiger charge is -1.96. The number of nitrogens with zero attached hydrogens (tertiary/aromatic N) is 2. The third kappa shape index (κ3) is 2.60. The monoisotopic (exact) mass is 233 g/mol. The fourth-order valence-electron chi connectivity index (χ4n) is 0.828. The standard InChI is InChI=1S/C7H11N3O2S2/c1-3-6-9-4-7(13-6)14(8,12)10-5(2)11/h4H,3H2,1-2H3,(H2,8,10,11,12). The topological polar surface area (TPSA) is 85.4 Å². The molecule has 1 aromatic heterocycles.